The van der Waals surface area contributed by atoms with Crippen molar-refractivity contribution in [2.75, 3.05) is 47.0 Å². The van der Waals surface area contributed by atoms with Gasteiger partial charge in [-0.2, -0.15) is 0 Å². The maximum atomic E-state index is 13.3. The second-order valence-electron chi connectivity index (χ2n) is 12.5. The Morgan fingerprint density at radius 3 is 2.73 bits per heavy atom. The van der Waals surface area contributed by atoms with E-state index in [-0.39, 0.29) is 12.5 Å². The van der Waals surface area contributed by atoms with Crippen LogP contribution in [-0.2, 0) is 22.4 Å². The van der Waals surface area contributed by atoms with Gasteiger partial charge in [0.1, 0.15) is 35.4 Å². The lowest BCUT2D eigenvalue weighted by molar-refractivity contribution is -0.155. The van der Waals surface area contributed by atoms with Crippen LogP contribution in [0.1, 0.15) is 69.7 Å². The van der Waals surface area contributed by atoms with E-state index in [0.29, 0.717) is 11.0 Å². The minimum Gasteiger partial charge on any atom is -0.458 e. The maximum absolute atomic E-state index is 13.3. The number of aryl methyl sites for hydroxylation is 1. The normalized spacial score (nSPS) is 16.2. The summed E-state index contributed by atoms with van der Waals surface area (Å²) in [5, 5.41) is 10.9. The largest absolute Gasteiger partial charge is 0.458 e. The molecule has 0 bridgehead atoms. The van der Waals surface area contributed by atoms with E-state index in [9.17, 15) is 4.79 Å². The highest BCUT2D eigenvalue weighted by Gasteiger charge is 2.28. The minimum absolute atomic E-state index is 0.286. The van der Waals surface area contributed by atoms with Gasteiger partial charge in [-0.1, -0.05) is 36.5 Å². The third-order valence-electron chi connectivity index (χ3n) is 8.16. The highest BCUT2D eigenvalue weighted by Crippen LogP contribution is 2.34. The van der Waals surface area contributed by atoms with Crippen molar-refractivity contribution in [3.05, 3.63) is 59.5 Å². The molecule has 0 aliphatic carbocycles. The lowest BCUT2D eigenvalue weighted by Crippen LogP contribution is -2.41. The summed E-state index contributed by atoms with van der Waals surface area (Å²) in [6.45, 7) is 10.8. The number of benzene rings is 1. The van der Waals surface area contributed by atoms with Crippen LogP contribution in [0.25, 0.3) is 10.2 Å². The summed E-state index contributed by atoms with van der Waals surface area (Å²) in [6, 6.07) is 11.8. The second-order valence-corrected chi connectivity index (χ2v) is 13.5. The number of anilines is 4. The fourth-order valence-corrected chi connectivity index (χ4v) is 6.88. The number of hydrogen-bond acceptors (Lipinski definition) is 11. The van der Waals surface area contributed by atoms with Gasteiger partial charge in [0.15, 0.2) is 5.13 Å². The van der Waals surface area contributed by atoms with E-state index in [1.54, 1.807) is 6.33 Å². The van der Waals surface area contributed by atoms with Gasteiger partial charge in [0.2, 0.25) is 0 Å². The number of carbonyl (C=O) groups excluding carboxylic acids is 1. The lowest BCUT2D eigenvalue weighted by Gasteiger charge is -2.34. The average molecular weight is 615 g/mol. The Morgan fingerprint density at radius 2 is 1.95 bits per heavy atom. The fourth-order valence-electron chi connectivity index (χ4n) is 5.96. The van der Waals surface area contributed by atoms with Crippen molar-refractivity contribution < 1.29 is 9.53 Å². The smallest absolute Gasteiger partial charge is 0.331 e. The van der Waals surface area contributed by atoms with E-state index in [4.69, 9.17) is 14.7 Å². The number of para-hydroxylation sites is 1. The van der Waals surface area contributed by atoms with Crippen LogP contribution < -0.4 is 20.9 Å². The van der Waals surface area contributed by atoms with Crippen molar-refractivity contribution in [2.24, 2.45) is 0 Å². The molecule has 232 valence electrons. The molecule has 5 heterocycles. The van der Waals surface area contributed by atoms with Gasteiger partial charge in [0, 0.05) is 43.4 Å². The molecule has 1 saturated heterocycles. The Hall–Kier alpha value is -3.99. The summed E-state index contributed by atoms with van der Waals surface area (Å²) in [5.41, 5.74) is 3.85. The van der Waals surface area contributed by atoms with Crippen LogP contribution in [0, 0.1) is 0 Å². The van der Waals surface area contributed by atoms with E-state index < -0.39 is 11.6 Å². The van der Waals surface area contributed by atoms with Crippen molar-refractivity contribution in [2.45, 2.75) is 77.4 Å². The summed E-state index contributed by atoms with van der Waals surface area (Å²) in [6.07, 6.45) is 6.70. The number of fused-ring (bicyclic) bond motifs is 2. The molecule has 3 aromatic heterocycles. The SMILES string of the molecule is CCc1c(NC[C@H](Nc2nc3ccccc3s2)C(=O)OC(C)(C)C)ncnc1N1CCC(c2ccc3c(n2)NCCC3)CC1. The molecule has 10 nitrogen and oxygen atoms in total. The summed E-state index contributed by atoms with van der Waals surface area (Å²) >= 11 is 1.52. The number of thiazole rings is 1. The number of rotatable bonds is 9. The van der Waals surface area contributed by atoms with Gasteiger partial charge in [-0.05, 0) is 76.6 Å². The molecular formula is C33H42N8O2S. The number of carbonyl (C=O) groups is 1. The number of piperidine rings is 1. The molecule has 0 saturated carbocycles. The quantitative estimate of drug-likeness (QED) is 0.193. The van der Waals surface area contributed by atoms with E-state index >= 15 is 0 Å². The number of esters is 1. The minimum atomic E-state index is -0.660. The first-order valence-corrected chi connectivity index (χ1v) is 16.5. The lowest BCUT2D eigenvalue weighted by atomic mass is 9.92. The predicted molar refractivity (Wildman–Crippen MR) is 178 cm³/mol. The number of aromatic nitrogens is 4. The van der Waals surface area contributed by atoms with Crippen molar-refractivity contribution in [1.82, 2.24) is 19.9 Å². The van der Waals surface area contributed by atoms with Gasteiger partial charge in [-0.15, -0.1) is 0 Å². The second kappa shape index (κ2) is 12.9. The molecule has 0 amide bonds. The molecule has 4 aromatic rings. The highest BCUT2D eigenvalue weighted by molar-refractivity contribution is 7.22. The van der Waals surface area contributed by atoms with Gasteiger partial charge in [0.25, 0.3) is 0 Å². The molecule has 0 unspecified atom stereocenters. The average Bonchev–Trinajstić information content (AvgIpc) is 3.44. The zero-order chi connectivity index (χ0) is 30.7. The Balaban J connectivity index is 1.15. The summed E-state index contributed by atoms with van der Waals surface area (Å²) in [4.78, 5) is 34.7. The molecule has 0 spiro atoms. The molecule has 44 heavy (non-hydrogen) atoms. The monoisotopic (exact) mass is 614 g/mol. The first-order valence-electron chi connectivity index (χ1n) is 15.7. The molecule has 6 rings (SSSR count). The molecule has 3 N–H and O–H groups in total. The molecule has 2 aliphatic heterocycles. The third-order valence-corrected chi connectivity index (χ3v) is 9.13. The van der Waals surface area contributed by atoms with Crippen LogP contribution >= 0.6 is 11.3 Å². The van der Waals surface area contributed by atoms with Crippen LogP contribution in [0.3, 0.4) is 0 Å². The van der Waals surface area contributed by atoms with Crippen LogP contribution in [0.15, 0.2) is 42.7 Å². The zero-order valence-electron chi connectivity index (χ0n) is 26.0. The molecule has 2 aliphatic rings. The van der Waals surface area contributed by atoms with Gasteiger partial charge < -0.3 is 25.6 Å². The van der Waals surface area contributed by atoms with Crippen molar-refractivity contribution >= 4 is 50.1 Å². The van der Waals surface area contributed by atoms with Gasteiger partial charge in [-0.3, -0.25) is 0 Å². The van der Waals surface area contributed by atoms with Crippen molar-refractivity contribution in [3.63, 3.8) is 0 Å². The van der Waals surface area contributed by atoms with E-state index in [1.807, 2.05) is 45.0 Å². The van der Waals surface area contributed by atoms with Gasteiger partial charge >= 0.3 is 5.97 Å². The molecule has 1 fully saturated rings. The molecule has 11 heteroatoms. The fraction of sp³-hybridized carbons (Fsp3) is 0.485. The predicted octanol–water partition coefficient (Wildman–Crippen LogP) is 6.02. The van der Waals surface area contributed by atoms with Crippen LogP contribution in [-0.4, -0.2) is 63.7 Å². The number of ether oxygens (including phenoxy) is 1. The summed E-state index contributed by atoms with van der Waals surface area (Å²) < 4.78 is 6.83. The maximum Gasteiger partial charge on any atom is 0.331 e. The molecule has 0 radical (unpaired) electrons. The number of hydrogen-bond donors (Lipinski definition) is 3. The van der Waals surface area contributed by atoms with Crippen LogP contribution in [0.5, 0.6) is 0 Å². The highest BCUT2D eigenvalue weighted by atomic mass is 32.1. The summed E-state index contributed by atoms with van der Waals surface area (Å²) in [5.74, 6) is 2.86. The summed E-state index contributed by atoms with van der Waals surface area (Å²) in [7, 11) is 0. The Labute approximate surface area is 263 Å². The van der Waals surface area contributed by atoms with Crippen molar-refractivity contribution in [1.29, 1.82) is 0 Å². The Morgan fingerprint density at radius 1 is 1.14 bits per heavy atom. The zero-order valence-corrected chi connectivity index (χ0v) is 26.8. The number of nitrogens with zero attached hydrogens (tertiary/aromatic N) is 5. The molecular weight excluding hydrogens is 572 g/mol. The van der Waals surface area contributed by atoms with E-state index in [0.717, 1.165) is 78.6 Å². The topological polar surface area (TPSA) is 117 Å². The van der Waals surface area contributed by atoms with Crippen molar-refractivity contribution in [3.8, 4) is 0 Å². The Bertz CT molecular complexity index is 1580. The standard InChI is InChI=1S/C33H42N8O2S/c1-5-23-29(35-19-26(31(42)43-33(2,3)4)40-32-39-25-10-6-7-11-27(25)44-32)36-20-37-30(23)41-17-14-21(15-18-41)24-13-12-22-9-8-16-34-28(22)38-24/h6-7,10-13,20-21,26H,5,8-9,14-19H2,1-4H3,(H,34,38)(H,39,40)(H,35,36,37)/t26-/m0/s1. The molecule has 1 atom stereocenters. The van der Waals surface area contributed by atoms with E-state index in [1.165, 1.54) is 29.0 Å². The number of pyridine rings is 1. The first kappa shape index (κ1) is 30.1. The number of nitrogens with one attached hydrogen (secondary N) is 3. The van der Waals surface area contributed by atoms with E-state index in [2.05, 4.69) is 49.9 Å². The first-order chi connectivity index (χ1) is 21.3. The van der Waals surface area contributed by atoms with Crippen LogP contribution in [0.2, 0.25) is 0 Å². The molecule has 1 aromatic carbocycles. The third kappa shape index (κ3) is 6.88. The Kier molecular flexibility index (Phi) is 8.83. The van der Waals surface area contributed by atoms with Crippen LogP contribution in [0.4, 0.5) is 22.6 Å². The van der Waals surface area contributed by atoms with Gasteiger partial charge in [0.05, 0.1) is 10.2 Å². The van der Waals surface area contributed by atoms with Gasteiger partial charge in [-0.25, -0.2) is 24.7 Å².